The van der Waals surface area contributed by atoms with E-state index in [0.29, 0.717) is 31.6 Å². The van der Waals surface area contributed by atoms with Crippen LogP contribution in [0.4, 0.5) is 6.01 Å². The summed E-state index contributed by atoms with van der Waals surface area (Å²) in [6.45, 7) is 6.49. The fourth-order valence-electron chi connectivity index (χ4n) is 1.13. The molecule has 1 rings (SSSR count). The second-order valence-electron chi connectivity index (χ2n) is 4.49. The van der Waals surface area contributed by atoms with Gasteiger partial charge in [-0.25, -0.2) is 0 Å². The van der Waals surface area contributed by atoms with Crippen molar-refractivity contribution in [3.05, 3.63) is 5.89 Å². The van der Waals surface area contributed by atoms with Crippen LogP contribution in [0.15, 0.2) is 4.42 Å². The van der Waals surface area contributed by atoms with E-state index in [4.69, 9.17) is 13.9 Å². The molecule has 1 heterocycles. The molecular formula is C11H22N4O3. The van der Waals surface area contributed by atoms with Crippen molar-refractivity contribution in [1.29, 1.82) is 0 Å². The Hall–Kier alpha value is -1.18. The molecule has 104 valence electrons. The Kier molecular flexibility index (Phi) is 6.03. The summed E-state index contributed by atoms with van der Waals surface area (Å²) < 4.78 is 15.6. The quantitative estimate of drug-likeness (QED) is 0.629. The zero-order chi connectivity index (χ0) is 13.4. The number of hydrogen-bond acceptors (Lipinski definition) is 7. The number of anilines is 1. The summed E-state index contributed by atoms with van der Waals surface area (Å²) in [6, 6.07) is 0.406. The molecule has 18 heavy (non-hydrogen) atoms. The molecule has 0 aromatic carbocycles. The third-order valence-electron chi connectivity index (χ3n) is 2.44. The predicted molar refractivity (Wildman–Crippen MR) is 67.5 cm³/mol. The number of rotatable bonds is 9. The van der Waals surface area contributed by atoms with E-state index in [0.717, 1.165) is 6.54 Å². The highest BCUT2D eigenvalue weighted by atomic mass is 16.5. The Balaban J connectivity index is 2.30. The Morgan fingerprint density at radius 1 is 1.28 bits per heavy atom. The molecule has 0 fully saturated rings. The summed E-state index contributed by atoms with van der Waals surface area (Å²) >= 11 is 0. The first kappa shape index (κ1) is 14.9. The second-order valence-corrected chi connectivity index (χ2v) is 4.49. The maximum absolute atomic E-state index is 5.41. The lowest BCUT2D eigenvalue weighted by Crippen LogP contribution is -2.32. The molecule has 0 spiro atoms. The van der Waals surface area contributed by atoms with Gasteiger partial charge in [-0.15, -0.1) is 5.10 Å². The van der Waals surface area contributed by atoms with Gasteiger partial charge in [0.05, 0.1) is 18.8 Å². The molecule has 7 nitrogen and oxygen atoms in total. The van der Waals surface area contributed by atoms with Crippen LogP contribution in [0, 0.1) is 0 Å². The SMILES string of the molecule is COCCNCc1nnc(NCC(C)(C)OC)o1. The van der Waals surface area contributed by atoms with Crippen molar-refractivity contribution in [3.63, 3.8) is 0 Å². The molecular weight excluding hydrogens is 236 g/mol. The van der Waals surface area contributed by atoms with E-state index < -0.39 is 0 Å². The Morgan fingerprint density at radius 2 is 2.06 bits per heavy atom. The molecule has 0 saturated carbocycles. The van der Waals surface area contributed by atoms with E-state index in [2.05, 4.69) is 20.8 Å². The van der Waals surface area contributed by atoms with Crippen molar-refractivity contribution < 1.29 is 13.9 Å². The van der Waals surface area contributed by atoms with Crippen molar-refractivity contribution in [2.75, 3.05) is 39.2 Å². The van der Waals surface area contributed by atoms with Gasteiger partial charge in [-0.3, -0.25) is 0 Å². The molecule has 0 atom stereocenters. The number of aromatic nitrogens is 2. The van der Waals surface area contributed by atoms with E-state index in [1.165, 1.54) is 0 Å². The van der Waals surface area contributed by atoms with Crippen LogP contribution in [0.2, 0.25) is 0 Å². The predicted octanol–water partition coefficient (Wildman–Crippen LogP) is 0.642. The van der Waals surface area contributed by atoms with Crippen molar-refractivity contribution in [1.82, 2.24) is 15.5 Å². The number of methoxy groups -OCH3 is 2. The van der Waals surface area contributed by atoms with Gasteiger partial charge in [0.1, 0.15) is 0 Å². The summed E-state index contributed by atoms with van der Waals surface area (Å²) in [6.07, 6.45) is 0. The van der Waals surface area contributed by atoms with Crippen LogP contribution < -0.4 is 10.6 Å². The molecule has 0 aliphatic carbocycles. The summed E-state index contributed by atoms with van der Waals surface area (Å²) in [4.78, 5) is 0. The minimum absolute atomic E-state index is 0.272. The van der Waals surface area contributed by atoms with Crippen LogP contribution >= 0.6 is 0 Å². The van der Waals surface area contributed by atoms with E-state index in [-0.39, 0.29) is 5.60 Å². The summed E-state index contributed by atoms with van der Waals surface area (Å²) in [5.74, 6) is 0.545. The maximum atomic E-state index is 5.41. The third kappa shape index (κ3) is 5.44. The van der Waals surface area contributed by atoms with Gasteiger partial charge >= 0.3 is 6.01 Å². The third-order valence-corrected chi connectivity index (χ3v) is 2.44. The number of nitrogens with zero attached hydrogens (tertiary/aromatic N) is 2. The number of hydrogen-bond donors (Lipinski definition) is 2. The van der Waals surface area contributed by atoms with Gasteiger partial charge in [0.25, 0.3) is 0 Å². The zero-order valence-electron chi connectivity index (χ0n) is 11.4. The molecule has 1 aromatic heterocycles. The largest absolute Gasteiger partial charge is 0.407 e. The van der Waals surface area contributed by atoms with Gasteiger partial charge in [-0.05, 0) is 13.8 Å². The fourth-order valence-corrected chi connectivity index (χ4v) is 1.13. The lowest BCUT2D eigenvalue weighted by molar-refractivity contribution is 0.0339. The molecule has 0 aliphatic heterocycles. The smallest absolute Gasteiger partial charge is 0.315 e. The van der Waals surface area contributed by atoms with Crippen LogP contribution in [0.25, 0.3) is 0 Å². The molecule has 2 N–H and O–H groups in total. The van der Waals surface area contributed by atoms with Gasteiger partial charge in [0, 0.05) is 27.3 Å². The minimum Gasteiger partial charge on any atom is -0.407 e. The standard InChI is InChI=1S/C11H22N4O3/c1-11(2,17-4)8-13-10-15-14-9(18-10)7-12-5-6-16-3/h12H,5-8H2,1-4H3,(H,13,15). The van der Waals surface area contributed by atoms with Crippen molar-refractivity contribution in [3.8, 4) is 0 Å². The number of ether oxygens (including phenoxy) is 2. The first-order chi connectivity index (χ1) is 8.57. The Bertz CT molecular complexity index is 341. The van der Waals surface area contributed by atoms with E-state index in [1.54, 1.807) is 14.2 Å². The monoisotopic (exact) mass is 258 g/mol. The lowest BCUT2D eigenvalue weighted by Gasteiger charge is -2.22. The summed E-state index contributed by atoms with van der Waals surface area (Å²) in [5, 5.41) is 14.0. The molecule has 0 amide bonds. The van der Waals surface area contributed by atoms with Crippen LogP contribution in [0.3, 0.4) is 0 Å². The fraction of sp³-hybridized carbons (Fsp3) is 0.818. The Labute approximate surface area is 107 Å². The first-order valence-corrected chi connectivity index (χ1v) is 5.88. The van der Waals surface area contributed by atoms with Crippen LogP contribution in [0.5, 0.6) is 0 Å². The van der Waals surface area contributed by atoms with Crippen molar-refractivity contribution in [2.45, 2.75) is 26.0 Å². The van der Waals surface area contributed by atoms with Crippen LogP contribution in [0.1, 0.15) is 19.7 Å². The van der Waals surface area contributed by atoms with Gasteiger partial charge in [-0.1, -0.05) is 5.10 Å². The highest BCUT2D eigenvalue weighted by molar-refractivity contribution is 5.17. The second kappa shape index (κ2) is 7.30. The average Bonchev–Trinajstić information content (AvgIpc) is 2.80. The maximum Gasteiger partial charge on any atom is 0.315 e. The highest BCUT2D eigenvalue weighted by Crippen LogP contribution is 2.10. The average molecular weight is 258 g/mol. The molecule has 0 aliphatic rings. The number of nitrogens with one attached hydrogen (secondary N) is 2. The Morgan fingerprint density at radius 3 is 2.72 bits per heavy atom. The van der Waals surface area contributed by atoms with Gasteiger partial charge in [-0.2, -0.15) is 0 Å². The molecule has 0 bridgehead atoms. The molecule has 1 aromatic rings. The molecule has 7 heteroatoms. The highest BCUT2D eigenvalue weighted by Gasteiger charge is 2.17. The van der Waals surface area contributed by atoms with E-state index >= 15 is 0 Å². The van der Waals surface area contributed by atoms with Gasteiger partial charge in [0.15, 0.2) is 0 Å². The van der Waals surface area contributed by atoms with E-state index in [9.17, 15) is 0 Å². The van der Waals surface area contributed by atoms with Crippen LogP contribution in [-0.2, 0) is 16.0 Å². The minimum atomic E-state index is -0.272. The van der Waals surface area contributed by atoms with Gasteiger partial charge < -0.3 is 24.5 Å². The lowest BCUT2D eigenvalue weighted by atomic mass is 10.1. The van der Waals surface area contributed by atoms with Gasteiger partial charge in [0.2, 0.25) is 5.89 Å². The van der Waals surface area contributed by atoms with Crippen molar-refractivity contribution >= 4 is 6.01 Å². The first-order valence-electron chi connectivity index (χ1n) is 5.88. The van der Waals surface area contributed by atoms with Crippen LogP contribution in [-0.4, -0.2) is 49.7 Å². The van der Waals surface area contributed by atoms with Crippen molar-refractivity contribution in [2.24, 2.45) is 0 Å². The molecule has 0 saturated heterocycles. The molecule has 0 unspecified atom stereocenters. The summed E-state index contributed by atoms with van der Waals surface area (Å²) in [7, 11) is 3.33. The molecule has 0 radical (unpaired) electrons. The zero-order valence-corrected chi connectivity index (χ0v) is 11.4. The topological polar surface area (TPSA) is 81.4 Å². The summed E-state index contributed by atoms with van der Waals surface area (Å²) in [5.41, 5.74) is -0.272. The van der Waals surface area contributed by atoms with E-state index in [1.807, 2.05) is 13.8 Å². The normalized spacial score (nSPS) is 11.8.